The Morgan fingerprint density at radius 2 is 1.46 bits per heavy atom. The van der Waals surface area contributed by atoms with Gasteiger partial charge in [0.25, 0.3) is 0 Å². The van der Waals surface area contributed by atoms with Gasteiger partial charge in [0.15, 0.2) is 0 Å². The minimum atomic E-state index is 0.286. The van der Waals surface area contributed by atoms with E-state index >= 15 is 0 Å². The molecule has 0 radical (unpaired) electrons. The fraction of sp³-hybridized carbons (Fsp3) is 0.909. The molecule has 7 atom stereocenters. The molecule has 2 amide bonds. The van der Waals surface area contributed by atoms with Crippen LogP contribution in [-0.4, -0.2) is 47.8 Å². The van der Waals surface area contributed by atoms with Crippen LogP contribution >= 0.6 is 0 Å². The molecule has 0 aromatic rings. The summed E-state index contributed by atoms with van der Waals surface area (Å²) < 4.78 is 0. The van der Waals surface area contributed by atoms with Crippen molar-refractivity contribution >= 4 is 11.8 Å². The van der Waals surface area contributed by atoms with E-state index in [1.165, 1.54) is 32.1 Å². The van der Waals surface area contributed by atoms with Crippen LogP contribution in [0.1, 0.15) is 65.2 Å². The maximum Gasteiger partial charge on any atom is 0.225 e. The van der Waals surface area contributed by atoms with Gasteiger partial charge in [0.1, 0.15) is 0 Å². The summed E-state index contributed by atoms with van der Waals surface area (Å²) in [6, 6.07) is 0.489. The molecule has 0 spiro atoms. The lowest BCUT2D eigenvalue weighted by Crippen LogP contribution is -2.54. The van der Waals surface area contributed by atoms with Crippen LogP contribution in [-0.2, 0) is 9.59 Å². The van der Waals surface area contributed by atoms with Gasteiger partial charge in [0.05, 0.1) is 0 Å². The molecule has 146 valence electrons. The third kappa shape index (κ3) is 2.79. The van der Waals surface area contributed by atoms with Gasteiger partial charge in [0.2, 0.25) is 11.8 Å². The zero-order valence-corrected chi connectivity index (χ0v) is 16.8. The summed E-state index contributed by atoms with van der Waals surface area (Å²) in [7, 11) is 2.03. The van der Waals surface area contributed by atoms with Crippen molar-refractivity contribution in [2.24, 2.45) is 35.5 Å². The van der Waals surface area contributed by atoms with Crippen molar-refractivity contribution in [1.82, 2.24) is 9.80 Å². The molecule has 0 bridgehead atoms. The van der Waals surface area contributed by atoms with Crippen molar-refractivity contribution in [3.8, 4) is 0 Å². The zero-order valence-electron chi connectivity index (χ0n) is 16.8. The van der Waals surface area contributed by atoms with Gasteiger partial charge in [-0.15, -0.1) is 0 Å². The Hall–Kier alpha value is -1.06. The van der Waals surface area contributed by atoms with Gasteiger partial charge in [-0.05, 0) is 88.4 Å². The van der Waals surface area contributed by atoms with Crippen molar-refractivity contribution < 1.29 is 9.59 Å². The third-order valence-corrected chi connectivity index (χ3v) is 8.63. The third-order valence-electron chi connectivity index (χ3n) is 8.63. The molecule has 26 heavy (non-hydrogen) atoms. The highest BCUT2D eigenvalue weighted by atomic mass is 16.2. The van der Waals surface area contributed by atoms with E-state index < -0.39 is 0 Å². The van der Waals surface area contributed by atoms with Crippen molar-refractivity contribution in [3.63, 3.8) is 0 Å². The average Bonchev–Trinajstić information content (AvgIpc) is 3.09. The molecule has 4 nitrogen and oxygen atoms in total. The molecule has 0 N–H and O–H groups in total. The number of fused-ring (bicyclic) bond motifs is 5. The molecule has 4 heteroatoms. The molecule has 1 aliphatic heterocycles. The number of likely N-dealkylation sites (tertiary alicyclic amines) is 1. The average molecular weight is 361 g/mol. The van der Waals surface area contributed by atoms with Crippen LogP contribution in [0.2, 0.25) is 0 Å². The summed E-state index contributed by atoms with van der Waals surface area (Å²) >= 11 is 0. The first-order chi connectivity index (χ1) is 12.6. The number of hydrogen-bond donors (Lipinski definition) is 0. The van der Waals surface area contributed by atoms with Gasteiger partial charge in [-0.1, -0.05) is 0 Å². The quantitative estimate of drug-likeness (QED) is 0.772. The summed E-state index contributed by atoms with van der Waals surface area (Å²) in [5.74, 6) is 4.79. The highest BCUT2D eigenvalue weighted by Gasteiger charge is 2.54. The van der Waals surface area contributed by atoms with E-state index in [0.29, 0.717) is 23.8 Å². The first kappa shape index (κ1) is 18.3. The Morgan fingerprint density at radius 1 is 0.885 bits per heavy atom. The second kappa shape index (κ2) is 7.16. The molecule has 6 unspecified atom stereocenters. The Bertz CT molecular complexity index is 558. The molecule has 4 fully saturated rings. The van der Waals surface area contributed by atoms with Gasteiger partial charge in [-0.3, -0.25) is 9.59 Å². The van der Waals surface area contributed by atoms with E-state index in [1.807, 2.05) is 7.05 Å². The monoisotopic (exact) mass is 360 g/mol. The smallest absolute Gasteiger partial charge is 0.225 e. The van der Waals surface area contributed by atoms with Gasteiger partial charge >= 0.3 is 0 Å². The lowest BCUT2D eigenvalue weighted by Gasteiger charge is -2.54. The number of carbonyl (C=O) groups is 2. The number of hydrogen-bond acceptors (Lipinski definition) is 2. The SMILES string of the molecule is CCN(CC)C(=O)C1CCC2C1CCC1C2CC[C@@H]2C1CCC(=O)N2C. The zero-order chi connectivity index (χ0) is 18.4. The highest BCUT2D eigenvalue weighted by Crippen LogP contribution is 2.57. The van der Waals surface area contributed by atoms with Gasteiger partial charge in [-0.25, -0.2) is 0 Å². The molecule has 0 aromatic heterocycles. The highest BCUT2D eigenvalue weighted by molar-refractivity contribution is 5.79. The maximum absolute atomic E-state index is 13.0. The van der Waals surface area contributed by atoms with Crippen molar-refractivity contribution in [1.29, 1.82) is 0 Å². The topological polar surface area (TPSA) is 40.6 Å². The van der Waals surface area contributed by atoms with Crippen molar-refractivity contribution in [2.45, 2.75) is 71.3 Å². The fourth-order valence-corrected chi connectivity index (χ4v) is 7.40. The van der Waals surface area contributed by atoms with Crippen molar-refractivity contribution in [3.05, 3.63) is 0 Å². The largest absolute Gasteiger partial charge is 0.343 e. The Balaban J connectivity index is 1.48. The minimum absolute atomic E-state index is 0.286. The molecule has 3 saturated carbocycles. The fourth-order valence-electron chi connectivity index (χ4n) is 7.40. The molecule has 3 aliphatic carbocycles. The Morgan fingerprint density at radius 3 is 2.19 bits per heavy atom. The van der Waals surface area contributed by atoms with Crippen LogP contribution in [0, 0.1) is 35.5 Å². The van der Waals surface area contributed by atoms with E-state index in [2.05, 4.69) is 23.6 Å². The summed E-state index contributed by atoms with van der Waals surface area (Å²) in [6.07, 6.45) is 9.21. The standard InChI is InChI=1S/C22H36N2O2/c1-4-24(5-2)22(26)19-9-8-14-15-10-12-20-18(11-13-21(25)23(20)3)16(15)6-7-17(14)19/h14-20H,4-13H2,1-3H3/t14?,15?,16?,17?,18?,19?,20-/m1/s1. The van der Waals surface area contributed by atoms with Gasteiger partial charge in [0, 0.05) is 38.5 Å². The minimum Gasteiger partial charge on any atom is -0.343 e. The predicted octanol–water partition coefficient (Wildman–Crippen LogP) is 3.55. The van der Waals surface area contributed by atoms with E-state index in [4.69, 9.17) is 0 Å². The first-order valence-electron chi connectivity index (χ1n) is 11.1. The van der Waals surface area contributed by atoms with Crippen LogP contribution in [0.15, 0.2) is 0 Å². The summed E-state index contributed by atoms with van der Waals surface area (Å²) in [6.45, 7) is 5.90. The molecular weight excluding hydrogens is 324 g/mol. The van der Waals surface area contributed by atoms with Gasteiger partial charge in [-0.2, -0.15) is 0 Å². The molecule has 4 rings (SSSR count). The number of rotatable bonds is 3. The predicted molar refractivity (Wildman–Crippen MR) is 102 cm³/mol. The van der Waals surface area contributed by atoms with E-state index in [9.17, 15) is 9.59 Å². The summed E-state index contributed by atoms with van der Waals surface area (Å²) in [5, 5.41) is 0. The molecule has 4 aliphatic rings. The summed E-state index contributed by atoms with van der Waals surface area (Å²) in [4.78, 5) is 29.2. The van der Waals surface area contributed by atoms with E-state index in [0.717, 1.165) is 56.0 Å². The maximum atomic E-state index is 13.0. The Kier molecular flexibility index (Phi) is 5.04. The first-order valence-corrected chi connectivity index (χ1v) is 11.1. The van der Waals surface area contributed by atoms with Crippen LogP contribution < -0.4 is 0 Å². The lowest BCUT2D eigenvalue weighted by atomic mass is 9.55. The Labute approximate surface area is 158 Å². The molecular formula is C22H36N2O2. The van der Waals surface area contributed by atoms with Crippen LogP contribution in [0.25, 0.3) is 0 Å². The molecule has 0 aromatic carbocycles. The molecule has 1 saturated heterocycles. The van der Waals surface area contributed by atoms with Crippen LogP contribution in [0.3, 0.4) is 0 Å². The normalized spacial score (nSPS) is 42.0. The van der Waals surface area contributed by atoms with E-state index in [1.54, 1.807) is 0 Å². The number of nitrogens with zero attached hydrogens (tertiary/aromatic N) is 2. The van der Waals surface area contributed by atoms with Crippen molar-refractivity contribution in [2.75, 3.05) is 20.1 Å². The lowest BCUT2D eigenvalue weighted by molar-refractivity contribution is -0.144. The number of piperidine rings is 1. The van der Waals surface area contributed by atoms with Gasteiger partial charge < -0.3 is 9.80 Å². The number of amides is 2. The second-order valence-corrected chi connectivity index (χ2v) is 9.28. The number of carbonyl (C=O) groups excluding carboxylic acids is 2. The summed E-state index contributed by atoms with van der Waals surface area (Å²) in [5.41, 5.74) is 0. The van der Waals surface area contributed by atoms with E-state index in [-0.39, 0.29) is 5.92 Å². The van der Waals surface area contributed by atoms with Crippen LogP contribution in [0.5, 0.6) is 0 Å². The molecule has 1 heterocycles. The second-order valence-electron chi connectivity index (χ2n) is 9.28. The van der Waals surface area contributed by atoms with Crippen LogP contribution in [0.4, 0.5) is 0 Å².